The van der Waals surface area contributed by atoms with Gasteiger partial charge in [-0.3, -0.25) is 4.79 Å². The molecule has 1 N–H and O–H groups in total. The first kappa shape index (κ1) is 14.0. The number of rotatable bonds is 3. The molecular weight excluding hydrogens is 264 g/mol. The third-order valence-corrected chi connectivity index (χ3v) is 4.73. The van der Waals surface area contributed by atoms with Crippen LogP contribution in [0.4, 0.5) is 0 Å². The van der Waals surface area contributed by atoms with Gasteiger partial charge in [-0.25, -0.2) is 4.79 Å². The second-order valence-corrected chi connectivity index (χ2v) is 5.70. The Kier molecular flexibility index (Phi) is 3.89. The van der Waals surface area contributed by atoms with E-state index < -0.39 is 11.5 Å². The van der Waals surface area contributed by atoms with Gasteiger partial charge in [0.1, 0.15) is 5.54 Å². The van der Waals surface area contributed by atoms with E-state index in [0.29, 0.717) is 24.1 Å². The summed E-state index contributed by atoms with van der Waals surface area (Å²) in [6.45, 7) is 1.77. The van der Waals surface area contributed by atoms with E-state index >= 15 is 0 Å². The third-order valence-electron chi connectivity index (χ3n) is 4.01. The lowest BCUT2D eigenvalue weighted by atomic mass is 9.80. The summed E-state index contributed by atoms with van der Waals surface area (Å²) in [4.78, 5) is 25.5. The van der Waals surface area contributed by atoms with Crippen LogP contribution in [0.25, 0.3) is 0 Å². The molecule has 1 aliphatic carbocycles. The standard InChI is InChI=1S/C13H18N2O3S/c1-9-10(8-19-14-9)11(16)15(2)13(12(17)18)6-4-3-5-7-13/h8H,3-7H2,1-2H3,(H,17,18). The molecule has 1 aromatic rings. The fourth-order valence-corrected chi connectivity index (χ4v) is 3.39. The van der Waals surface area contributed by atoms with Crippen LogP contribution in [0.2, 0.25) is 0 Å². The molecule has 6 heteroatoms. The Morgan fingerprint density at radius 3 is 2.47 bits per heavy atom. The van der Waals surface area contributed by atoms with Crippen molar-refractivity contribution in [2.75, 3.05) is 7.05 Å². The van der Waals surface area contributed by atoms with Crippen LogP contribution in [-0.4, -0.2) is 38.8 Å². The molecular formula is C13H18N2O3S. The highest BCUT2D eigenvalue weighted by Crippen LogP contribution is 2.34. The number of aliphatic carboxylic acids is 1. The number of likely N-dealkylation sites (N-methyl/N-ethyl adjacent to an activating group) is 1. The Balaban J connectivity index is 2.30. The van der Waals surface area contributed by atoms with Crippen LogP contribution < -0.4 is 0 Å². The van der Waals surface area contributed by atoms with Gasteiger partial charge in [-0.2, -0.15) is 4.37 Å². The van der Waals surface area contributed by atoms with Crippen molar-refractivity contribution in [2.45, 2.75) is 44.6 Å². The molecule has 1 aliphatic rings. The maximum atomic E-state index is 12.5. The average molecular weight is 282 g/mol. The van der Waals surface area contributed by atoms with Crippen LogP contribution >= 0.6 is 11.5 Å². The van der Waals surface area contributed by atoms with E-state index in [4.69, 9.17) is 0 Å². The third kappa shape index (κ3) is 2.36. The zero-order chi connectivity index (χ0) is 14.0. The molecule has 2 rings (SSSR count). The van der Waals surface area contributed by atoms with Gasteiger partial charge in [0.2, 0.25) is 0 Å². The number of hydrogen-bond donors (Lipinski definition) is 1. The van der Waals surface area contributed by atoms with Crippen molar-refractivity contribution >= 4 is 23.4 Å². The lowest BCUT2D eigenvalue weighted by Crippen LogP contribution is -2.56. The van der Waals surface area contributed by atoms with E-state index in [-0.39, 0.29) is 5.91 Å². The molecule has 0 aliphatic heterocycles. The molecule has 1 saturated carbocycles. The highest BCUT2D eigenvalue weighted by atomic mass is 32.1. The van der Waals surface area contributed by atoms with Gasteiger partial charge >= 0.3 is 5.97 Å². The summed E-state index contributed by atoms with van der Waals surface area (Å²) in [7, 11) is 1.60. The van der Waals surface area contributed by atoms with E-state index in [2.05, 4.69) is 4.37 Å². The first-order valence-electron chi connectivity index (χ1n) is 6.41. The van der Waals surface area contributed by atoms with Crippen LogP contribution in [0.3, 0.4) is 0 Å². The molecule has 1 amide bonds. The van der Waals surface area contributed by atoms with Gasteiger partial charge in [0, 0.05) is 12.4 Å². The number of nitrogens with zero attached hydrogens (tertiary/aromatic N) is 2. The molecule has 0 bridgehead atoms. The van der Waals surface area contributed by atoms with E-state index in [1.165, 1.54) is 16.4 Å². The Labute approximate surface area is 116 Å². The Bertz CT molecular complexity index is 492. The van der Waals surface area contributed by atoms with Crippen LogP contribution in [0.5, 0.6) is 0 Å². The highest BCUT2D eigenvalue weighted by molar-refractivity contribution is 7.03. The SMILES string of the molecule is Cc1nscc1C(=O)N(C)C1(C(=O)O)CCCCC1. The van der Waals surface area contributed by atoms with Crippen molar-refractivity contribution in [2.24, 2.45) is 0 Å². The Morgan fingerprint density at radius 1 is 1.37 bits per heavy atom. The monoisotopic (exact) mass is 282 g/mol. The van der Waals surface area contributed by atoms with Crippen LogP contribution in [0.1, 0.15) is 48.2 Å². The molecule has 5 nitrogen and oxygen atoms in total. The number of aryl methyl sites for hydroxylation is 1. The van der Waals surface area contributed by atoms with Crippen molar-refractivity contribution in [1.29, 1.82) is 0 Å². The summed E-state index contributed by atoms with van der Waals surface area (Å²) in [6.07, 6.45) is 3.80. The number of amides is 1. The molecule has 0 unspecified atom stereocenters. The average Bonchev–Trinajstić information content (AvgIpc) is 2.84. The molecule has 0 spiro atoms. The minimum atomic E-state index is -1.05. The molecule has 19 heavy (non-hydrogen) atoms. The van der Waals surface area contributed by atoms with Crippen LogP contribution in [0, 0.1) is 6.92 Å². The van der Waals surface area contributed by atoms with Gasteiger partial charge in [-0.05, 0) is 31.3 Å². The van der Waals surface area contributed by atoms with Crippen molar-refractivity contribution in [1.82, 2.24) is 9.27 Å². The number of carbonyl (C=O) groups excluding carboxylic acids is 1. The van der Waals surface area contributed by atoms with E-state index in [9.17, 15) is 14.7 Å². The summed E-state index contributed by atoms with van der Waals surface area (Å²) in [5.74, 6) is -1.14. The largest absolute Gasteiger partial charge is 0.479 e. The number of hydrogen-bond acceptors (Lipinski definition) is 4. The summed E-state index contributed by atoms with van der Waals surface area (Å²) >= 11 is 1.22. The van der Waals surface area contributed by atoms with E-state index in [1.807, 2.05) is 0 Å². The van der Waals surface area contributed by atoms with Crippen molar-refractivity contribution in [3.05, 3.63) is 16.6 Å². The van der Waals surface area contributed by atoms with Gasteiger partial charge in [-0.15, -0.1) is 0 Å². The lowest BCUT2D eigenvalue weighted by molar-refractivity contribution is -0.151. The van der Waals surface area contributed by atoms with E-state index in [1.54, 1.807) is 19.4 Å². The first-order chi connectivity index (χ1) is 8.99. The summed E-state index contributed by atoms with van der Waals surface area (Å²) in [5.41, 5.74) is 0.126. The molecule has 0 saturated heterocycles. The molecule has 0 aromatic carbocycles. The number of aromatic nitrogens is 1. The summed E-state index contributed by atoms with van der Waals surface area (Å²) in [6, 6.07) is 0. The second-order valence-electron chi connectivity index (χ2n) is 5.08. The highest BCUT2D eigenvalue weighted by Gasteiger charge is 2.45. The second kappa shape index (κ2) is 5.28. The molecule has 104 valence electrons. The number of carboxylic acid groups (broad SMARTS) is 1. The maximum absolute atomic E-state index is 12.5. The normalized spacial score (nSPS) is 18.0. The van der Waals surface area contributed by atoms with Gasteiger partial charge in [0.25, 0.3) is 5.91 Å². The first-order valence-corrected chi connectivity index (χ1v) is 7.25. The predicted molar refractivity (Wildman–Crippen MR) is 72.4 cm³/mol. The number of carbonyl (C=O) groups is 2. The summed E-state index contributed by atoms with van der Waals surface area (Å²) < 4.78 is 4.08. The summed E-state index contributed by atoms with van der Waals surface area (Å²) in [5, 5.41) is 11.3. The molecule has 0 radical (unpaired) electrons. The Hall–Kier alpha value is -1.43. The molecule has 0 atom stereocenters. The Morgan fingerprint density at radius 2 is 2.00 bits per heavy atom. The van der Waals surface area contributed by atoms with Crippen molar-refractivity contribution in [3.63, 3.8) is 0 Å². The maximum Gasteiger partial charge on any atom is 0.329 e. The fourth-order valence-electron chi connectivity index (χ4n) is 2.70. The smallest absolute Gasteiger partial charge is 0.329 e. The van der Waals surface area contributed by atoms with Gasteiger partial charge in [0.05, 0.1) is 11.3 Å². The molecule has 1 heterocycles. The molecule has 1 fully saturated rings. The minimum Gasteiger partial charge on any atom is -0.479 e. The molecule has 1 aromatic heterocycles. The quantitative estimate of drug-likeness (QED) is 0.923. The zero-order valence-corrected chi connectivity index (χ0v) is 12.0. The van der Waals surface area contributed by atoms with Crippen molar-refractivity contribution in [3.8, 4) is 0 Å². The van der Waals surface area contributed by atoms with Gasteiger partial charge in [0.15, 0.2) is 0 Å². The van der Waals surface area contributed by atoms with Crippen molar-refractivity contribution < 1.29 is 14.7 Å². The van der Waals surface area contributed by atoms with E-state index in [0.717, 1.165) is 19.3 Å². The van der Waals surface area contributed by atoms with Crippen LogP contribution in [-0.2, 0) is 4.79 Å². The van der Waals surface area contributed by atoms with Crippen LogP contribution in [0.15, 0.2) is 5.38 Å². The van der Waals surface area contributed by atoms with Gasteiger partial charge < -0.3 is 10.0 Å². The lowest BCUT2D eigenvalue weighted by Gasteiger charge is -2.40. The minimum absolute atomic E-state index is 0.240. The predicted octanol–water partition coefficient (Wildman–Crippen LogP) is 2.31. The number of carboxylic acids is 1. The zero-order valence-electron chi connectivity index (χ0n) is 11.2. The fraction of sp³-hybridized carbons (Fsp3) is 0.615. The topological polar surface area (TPSA) is 70.5 Å². The van der Waals surface area contributed by atoms with Gasteiger partial charge in [-0.1, -0.05) is 19.3 Å².